The number of fused-ring (bicyclic) bond motifs is 1. The molecule has 0 aromatic heterocycles. The van der Waals surface area contributed by atoms with Gasteiger partial charge in [-0.25, -0.2) is 0 Å². The van der Waals surface area contributed by atoms with Crippen molar-refractivity contribution >= 4 is 17.1 Å². The van der Waals surface area contributed by atoms with Gasteiger partial charge in [0.1, 0.15) is 18.6 Å². The van der Waals surface area contributed by atoms with Crippen molar-refractivity contribution in [1.29, 1.82) is 0 Å². The summed E-state index contributed by atoms with van der Waals surface area (Å²) in [6, 6.07) is 24.5. The predicted octanol–water partition coefficient (Wildman–Crippen LogP) is 5.30. The highest BCUT2D eigenvalue weighted by molar-refractivity contribution is 5.88. The van der Waals surface area contributed by atoms with Gasteiger partial charge >= 0.3 is 0 Å². The number of carbonyl (C=O) groups is 1. The fourth-order valence-corrected chi connectivity index (χ4v) is 3.59. The Morgan fingerprint density at radius 1 is 0.893 bits per heavy atom. The van der Waals surface area contributed by atoms with Crippen LogP contribution >= 0.6 is 0 Å². The van der Waals surface area contributed by atoms with Gasteiger partial charge in [-0.1, -0.05) is 73.7 Å². The highest BCUT2D eigenvalue weighted by Gasteiger charge is 2.13. The zero-order chi connectivity index (χ0) is 19.6. The van der Waals surface area contributed by atoms with E-state index in [2.05, 4.69) is 30.0 Å². The molecule has 3 heteroatoms. The smallest absolute Gasteiger partial charge is 0.127 e. The number of ether oxygens (including phenoxy) is 1. The van der Waals surface area contributed by atoms with Gasteiger partial charge in [0.25, 0.3) is 0 Å². The van der Waals surface area contributed by atoms with Crippen LogP contribution in [0.1, 0.15) is 31.2 Å². The first-order valence-corrected chi connectivity index (χ1v) is 10.1. The zero-order valence-corrected chi connectivity index (χ0v) is 16.6. The molecule has 0 bridgehead atoms. The minimum absolute atomic E-state index is 0.0421. The molecular formula is C25H29NO2. The molecule has 0 spiro atoms. The predicted molar refractivity (Wildman–Crippen MR) is 116 cm³/mol. The van der Waals surface area contributed by atoms with Crippen molar-refractivity contribution in [3.8, 4) is 5.75 Å². The average molecular weight is 376 g/mol. The van der Waals surface area contributed by atoms with Gasteiger partial charge in [0.15, 0.2) is 0 Å². The lowest BCUT2D eigenvalue weighted by molar-refractivity contribution is -0.109. The maximum absolute atomic E-state index is 11.6. The SMILES string of the molecule is CCCN(CCOc1cccc2ccccc12)CCC(C=O)c1ccccc1. The Balaban J connectivity index is 1.55. The molecular weight excluding hydrogens is 346 g/mol. The van der Waals surface area contributed by atoms with Crippen LogP contribution in [-0.2, 0) is 4.79 Å². The summed E-state index contributed by atoms with van der Waals surface area (Å²) >= 11 is 0. The second kappa shape index (κ2) is 10.6. The average Bonchev–Trinajstić information content (AvgIpc) is 2.75. The van der Waals surface area contributed by atoms with Gasteiger partial charge in [-0.2, -0.15) is 0 Å². The fourth-order valence-electron chi connectivity index (χ4n) is 3.59. The first-order chi connectivity index (χ1) is 13.8. The van der Waals surface area contributed by atoms with Gasteiger partial charge in [-0.05, 0) is 42.9 Å². The Kier molecular flexibility index (Phi) is 7.62. The Hall–Kier alpha value is -2.65. The van der Waals surface area contributed by atoms with E-state index in [4.69, 9.17) is 4.74 Å². The first kappa shape index (κ1) is 20.1. The molecule has 0 aliphatic heterocycles. The van der Waals surface area contributed by atoms with Crippen LogP contribution in [-0.4, -0.2) is 37.4 Å². The summed E-state index contributed by atoms with van der Waals surface area (Å²) in [6.45, 7) is 5.60. The van der Waals surface area contributed by atoms with Gasteiger partial charge in [-0.15, -0.1) is 0 Å². The minimum Gasteiger partial charge on any atom is -0.492 e. The molecule has 0 aliphatic rings. The van der Waals surface area contributed by atoms with E-state index in [1.807, 2.05) is 54.6 Å². The van der Waals surface area contributed by atoms with Gasteiger partial charge < -0.3 is 9.53 Å². The molecule has 146 valence electrons. The van der Waals surface area contributed by atoms with E-state index in [0.717, 1.165) is 55.5 Å². The summed E-state index contributed by atoms with van der Waals surface area (Å²) in [5.74, 6) is 0.893. The molecule has 3 nitrogen and oxygen atoms in total. The maximum atomic E-state index is 11.6. The Bertz CT molecular complexity index is 857. The number of hydrogen-bond donors (Lipinski definition) is 0. The van der Waals surface area contributed by atoms with Crippen molar-refractivity contribution in [2.24, 2.45) is 0 Å². The minimum atomic E-state index is -0.0421. The second-order valence-electron chi connectivity index (χ2n) is 7.11. The molecule has 0 saturated heterocycles. The van der Waals surface area contributed by atoms with Gasteiger partial charge in [0.2, 0.25) is 0 Å². The number of carbonyl (C=O) groups excluding carboxylic acids is 1. The third kappa shape index (κ3) is 5.43. The Morgan fingerprint density at radius 2 is 1.64 bits per heavy atom. The lowest BCUT2D eigenvalue weighted by Gasteiger charge is -2.23. The third-order valence-corrected chi connectivity index (χ3v) is 5.10. The lowest BCUT2D eigenvalue weighted by atomic mass is 9.97. The molecule has 28 heavy (non-hydrogen) atoms. The number of rotatable bonds is 11. The molecule has 0 radical (unpaired) electrons. The lowest BCUT2D eigenvalue weighted by Crippen LogP contribution is -2.31. The summed E-state index contributed by atoms with van der Waals surface area (Å²) in [4.78, 5) is 13.9. The molecule has 0 amide bonds. The summed E-state index contributed by atoms with van der Waals surface area (Å²) in [5, 5.41) is 2.35. The van der Waals surface area contributed by atoms with Crippen LogP contribution in [0.3, 0.4) is 0 Å². The molecule has 3 rings (SSSR count). The quantitative estimate of drug-likeness (QED) is 0.426. The first-order valence-electron chi connectivity index (χ1n) is 10.1. The monoisotopic (exact) mass is 375 g/mol. The molecule has 1 unspecified atom stereocenters. The van der Waals surface area contributed by atoms with Crippen molar-refractivity contribution in [2.45, 2.75) is 25.7 Å². The normalized spacial score (nSPS) is 12.2. The van der Waals surface area contributed by atoms with Crippen LogP contribution in [0.4, 0.5) is 0 Å². The standard InChI is InChI=1S/C25H29NO2/c1-2-16-26(17-15-23(20-27)21-9-4-3-5-10-21)18-19-28-25-14-8-12-22-11-6-7-13-24(22)25/h3-14,20,23H,2,15-19H2,1H3. The number of hydrogen-bond acceptors (Lipinski definition) is 3. The van der Waals surface area contributed by atoms with Crippen molar-refractivity contribution in [3.63, 3.8) is 0 Å². The number of aldehydes is 1. The molecule has 1 atom stereocenters. The zero-order valence-electron chi connectivity index (χ0n) is 16.6. The van der Waals surface area contributed by atoms with E-state index in [9.17, 15) is 4.79 Å². The summed E-state index contributed by atoms with van der Waals surface area (Å²) in [7, 11) is 0. The van der Waals surface area contributed by atoms with Crippen molar-refractivity contribution in [3.05, 3.63) is 78.4 Å². The fraction of sp³-hybridized carbons (Fsp3) is 0.320. The topological polar surface area (TPSA) is 29.5 Å². The summed E-state index contributed by atoms with van der Waals surface area (Å²) in [5.41, 5.74) is 1.10. The van der Waals surface area contributed by atoms with E-state index in [0.29, 0.717) is 6.61 Å². The van der Waals surface area contributed by atoms with Crippen LogP contribution in [0.5, 0.6) is 5.75 Å². The van der Waals surface area contributed by atoms with Gasteiger partial charge in [0, 0.05) is 17.8 Å². The highest BCUT2D eigenvalue weighted by Crippen LogP contribution is 2.25. The van der Waals surface area contributed by atoms with E-state index in [-0.39, 0.29) is 5.92 Å². The van der Waals surface area contributed by atoms with E-state index < -0.39 is 0 Å². The third-order valence-electron chi connectivity index (χ3n) is 5.10. The Labute approximate surface area is 167 Å². The summed E-state index contributed by atoms with van der Waals surface area (Å²) in [6.07, 6.45) is 3.00. The van der Waals surface area contributed by atoms with E-state index in [1.165, 1.54) is 5.39 Å². The molecule has 0 aliphatic carbocycles. The largest absolute Gasteiger partial charge is 0.492 e. The van der Waals surface area contributed by atoms with Gasteiger partial charge in [-0.3, -0.25) is 4.90 Å². The maximum Gasteiger partial charge on any atom is 0.127 e. The van der Waals surface area contributed by atoms with Crippen molar-refractivity contribution < 1.29 is 9.53 Å². The molecule has 3 aromatic carbocycles. The molecule has 0 N–H and O–H groups in total. The summed E-state index contributed by atoms with van der Waals surface area (Å²) < 4.78 is 6.10. The van der Waals surface area contributed by atoms with Crippen LogP contribution in [0, 0.1) is 0 Å². The number of benzene rings is 3. The second-order valence-corrected chi connectivity index (χ2v) is 7.11. The van der Waals surface area contributed by atoms with E-state index in [1.54, 1.807) is 0 Å². The molecule has 0 saturated carbocycles. The van der Waals surface area contributed by atoms with Crippen molar-refractivity contribution in [1.82, 2.24) is 4.90 Å². The molecule has 3 aromatic rings. The van der Waals surface area contributed by atoms with Crippen LogP contribution < -0.4 is 4.74 Å². The molecule has 0 heterocycles. The number of nitrogens with zero attached hydrogens (tertiary/aromatic N) is 1. The highest BCUT2D eigenvalue weighted by atomic mass is 16.5. The van der Waals surface area contributed by atoms with Crippen LogP contribution in [0.25, 0.3) is 10.8 Å². The van der Waals surface area contributed by atoms with Gasteiger partial charge in [0.05, 0.1) is 0 Å². The van der Waals surface area contributed by atoms with E-state index >= 15 is 0 Å². The van der Waals surface area contributed by atoms with Crippen LogP contribution in [0.15, 0.2) is 72.8 Å². The van der Waals surface area contributed by atoms with Crippen molar-refractivity contribution in [2.75, 3.05) is 26.2 Å². The van der Waals surface area contributed by atoms with Crippen LogP contribution in [0.2, 0.25) is 0 Å². The Morgan fingerprint density at radius 3 is 2.43 bits per heavy atom. The molecule has 0 fully saturated rings.